The highest BCUT2D eigenvalue weighted by Crippen LogP contribution is 2.31. The molecule has 0 amide bonds. The van der Waals surface area contributed by atoms with Crippen molar-refractivity contribution in [2.75, 3.05) is 6.54 Å². The Kier molecular flexibility index (Phi) is 6.07. The maximum absolute atomic E-state index is 12.8. The number of hydrogen-bond acceptors (Lipinski definition) is 5. The summed E-state index contributed by atoms with van der Waals surface area (Å²) in [4.78, 5) is 0. The van der Waals surface area contributed by atoms with Crippen LogP contribution in [-0.2, 0) is 20.8 Å². The van der Waals surface area contributed by atoms with Gasteiger partial charge in [0.25, 0.3) is 0 Å². The van der Waals surface area contributed by atoms with E-state index in [1.165, 1.54) is 23.5 Å². The molecule has 0 radical (unpaired) electrons. The zero-order valence-electron chi connectivity index (χ0n) is 14.1. The van der Waals surface area contributed by atoms with Gasteiger partial charge >= 0.3 is 15.6 Å². The molecule has 4 nitrogen and oxygen atoms in total. The minimum Gasteiger partial charge on any atom is -0.375 e. The standard InChI is InChI=1S/C17H17F3NO3S3/c18-17(19,20)27(22,23)24-16(14-5-8-26-12-14)9-15-3-1-2-6-21(15)10-13-4-7-25-11-13/h4-5,7-9,11-12H,1-3,6,10H2/q+1/b16-9-. The van der Waals surface area contributed by atoms with E-state index >= 15 is 0 Å². The fourth-order valence-electron chi connectivity index (χ4n) is 2.73. The van der Waals surface area contributed by atoms with Crippen LogP contribution in [0, 0.1) is 0 Å². The van der Waals surface area contributed by atoms with Gasteiger partial charge in [-0.15, -0.1) is 0 Å². The topological polar surface area (TPSA) is 46.4 Å². The molecule has 0 N–H and O–H groups in total. The van der Waals surface area contributed by atoms with E-state index in [0.717, 1.165) is 30.7 Å². The van der Waals surface area contributed by atoms with Crippen LogP contribution in [0.5, 0.6) is 0 Å². The molecule has 10 heteroatoms. The van der Waals surface area contributed by atoms with E-state index in [1.54, 1.807) is 22.1 Å². The number of hydrogen-bond donors (Lipinski definition) is 0. The Morgan fingerprint density at radius 1 is 1.19 bits per heavy atom. The number of halogens is 3. The first-order valence-corrected chi connectivity index (χ1v) is 11.4. The predicted molar refractivity (Wildman–Crippen MR) is 100 cm³/mol. The summed E-state index contributed by atoms with van der Waals surface area (Å²) in [6.45, 7) is 1.38. The summed E-state index contributed by atoms with van der Waals surface area (Å²) >= 11 is 2.82. The van der Waals surface area contributed by atoms with Crippen LogP contribution in [0.25, 0.3) is 5.76 Å². The van der Waals surface area contributed by atoms with Crippen LogP contribution in [0.3, 0.4) is 0 Å². The number of alkyl halides is 3. The quantitative estimate of drug-likeness (QED) is 0.281. The summed E-state index contributed by atoms with van der Waals surface area (Å²) < 4.78 is 68.0. The third-order valence-corrected chi connectivity index (χ3v) is 6.44. The van der Waals surface area contributed by atoms with Gasteiger partial charge in [0.05, 0.1) is 0 Å². The van der Waals surface area contributed by atoms with Crippen LogP contribution in [-0.4, -0.2) is 30.8 Å². The van der Waals surface area contributed by atoms with E-state index in [2.05, 4.69) is 8.76 Å². The predicted octanol–water partition coefficient (Wildman–Crippen LogP) is 4.85. The number of rotatable bonds is 6. The molecule has 1 aliphatic rings. The number of nitrogens with zero attached hydrogens (tertiary/aromatic N) is 1. The monoisotopic (exact) mass is 436 g/mol. The summed E-state index contributed by atoms with van der Waals surface area (Å²) in [5.41, 5.74) is -3.29. The second-order valence-corrected chi connectivity index (χ2v) is 9.10. The average molecular weight is 437 g/mol. The fourth-order valence-corrected chi connectivity index (χ4v) is 4.51. The van der Waals surface area contributed by atoms with Crippen molar-refractivity contribution in [1.82, 2.24) is 0 Å². The van der Waals surface area contributed by atoms with Gasteiger partial charge in [-0.1, -0.05) is 0 Å². The fraction of sp³-hybridized carbons (Fsp3) is 0.353. The third-order valence-electron chi connectivity index (χ3n) is 4.06. The zero-order valence-corrected chi connectivity index (χ0v) is 16.6. The lowest BCUT2D eigenvalue weighted by atomic mass is 10.1. The summed E-state index contributed by atoms with van der Waals surface area (Å²) in [5, 5.41) is 7.19. The minimum absolute atomic E-state index is 0.305. The molecule has 0 atom stereocenters. The van der Waals surface area contributed by atoms with Gasteiger partial charge in [0.15, 0.2) is 18.0 Å². The molecule has 0 aromatic carbocycles. The summed E-state index contributed by atoms with van der Waals surface area (Å²) in [6.07, 6.45) is 3.93. The summed E-state index contributed by atoms with van der Waals surface area (Å²) in [5.74, 6) is -0.305. The first-order chi connectivity index (χ1) is 12.8. The second-order valence-electron chi connectivity index (χ2n) is 6.01. The first-order valence-electron chi connectivity index (χ1n) is 8.13. The van der Waals surface area contributed by atoms with Crippen LogP contribution in [0.15, 0.2) is 39.7 Å². The largest absolute Gasteiger partial charge is 0.534 e. The van der Waals surface area contributed by atoms with Gasteiger partial charge in [-0.25, -0.2) is 4.58 Å². The Hall–Kier alpha value is -1.65. The van der Waals surface area contributed by atoms with E-state index < -0.39 is 15.6 Å². The minimum atomic E-state index is -5.74. The zero-order chi connectivity index (χ0) is 19.5. The molecule has 27 heavy (non-hydrogen) atoms. The molecule has 0 spiro atoms. The van der Waals surface area contributed by atoms with Crippen LogP contribution >= 0.6 is 22.7 Å². The molecule has 0 bridgehead atoms. The first kappa shape index (κ1) is 20.1. The molecule has 0 aliphatic carbocycles. The molecule has 0 saturated carbocycles. The van der Waals surface area contributed by atoms with Gasteiger partial charge < -0.3 is 4.18 Å². The van der Waals surface area contributed by atoms with E-state index in [4.69, 9.17) is 0 Å². The van der Waals surface area contributed by atoms with Gasteiger partial charge in [-0.2, -0.15) is 44.3 Å². The maximum Gasteiger partial charge on any atom is 0.534 e. The van der Waals surface area contributed by atoms with Crippen molar-refractivity contribution in [3.8, 4) is 0 Å². The second kappa shape index (κ2) is 8.15. The molecule has 0 saturated heterocycles. The Morgan fingerprint density at radius 2 is 1.93 bits per heavy atom. The Morgan fingerprint density at radius 3 is 2.56 bits per heavy atom. The Bertz CT molecular complexity index is 928. The highest BCUT2D eigenvalue weighted by atomic mass is 32.2. The van der Waals surface area contributed by atoms with Crippen molar-refractivity contribution in [3.63, 3.8) is 0 Å². The lowest BCUT2D eigenvalue weighted by molar-refractivity contribution is -0.548. The third kappa shape index (κ3) is 4.99. The Labute approximate surface area is 163 Å². The van der Waals surface area contributed by atoms with Crippen molar-refractivity contribution in [3.05, 3.63) is 50.9 Å². The molecule has 146 valence electrons. The molecular weight excluding hydrogens is 419 g/mol. The molecule has 2 aromatic rings. The molecule has 3 heterocycles. The van der Waals surface area contributed by atoms with Crippen molar-refractivity contribution in [1.29, 1.82) is 0 Å². The van der Waals surface area contributed by atoms with Gasteiger partial charge in [0, 0.05) is 40.8 Å². The molecule has 0 fully saturated rings. The highest BCUT2D eigenvalue weighted by molar-refractivity contribution is 7.87. The smallest absolute Gasteiger partial charge is 0.375 e. The van der Waals surface area contributed by atoms with E-state index in [-0.39, 0.29) is 5.76 Å². The molecular formula is C17H17F3NO3S3+. The van der Waals surface area contributed by atoms with Crippen LogP contribution < -0.4 is 0 Å². The number of thiophene rings is 2. The van der Waals surface area contributed by atoms with Crippen LogP contribution in [0.1, 0.15) is 30.4 Å². The average Bonchev–Trinajstić information content (AvgIpc) is 3.28. The van der Waals surface area contributed by atoms with Gasteiger partial charge in [0.1, 0.15) is 6.54 Å². The van der Waals surface area contributed by atoms with Crippen LogP contribution in [0.2, 0.25) is 0 Å². The Balaban J connectivity index is 1.99. The van der Waals surface area contributed by atoms with Gasteiger partial charge in [0.2, 0.25) is 0 Å². The van der Waals surface area contributed by atoms with Gasteiger partial charge in [-0.05, 0) is 29.3 Å². The number of allylic oxidation sites excluding steroid dienone is 1. The lowest BCUT2D eigenvalue weighted by Crippen LogP contribution is -2.27. The van der Waals surface area contributed by atoms with E-state index in [0.29, 0.717) is 18.5 Å². The normalized spacial score (nSPS) is 16.6. The molecule has 0 unspecified atom stereocenters. The maximum atomic E-state index is 12.8. The van der Waals surface area contributed by atoms with Crippen molar-refractivity contribution in [2.24, 2.45) is 0 Å². The lowest BCUT2D eigenvalue weighted by Gasteiger charge is -2.15. The molecule has 3 rings (SSSR count). The van der Waals surface area contributed by atoms with Crippen LogP contribution in [0.4, 0.5) is 13.2 Å². The van der Waals surface area contributed by atoms with E-state index in [1.807, 2.05) is 16.8 Å². The molecule has 1 aliphatic heterocycles. The SMILES string of the molecule is O=S(=O)(O/C(=C\C1=[N+](Cc2ccsc2)CCCC1)c1ccsc1)C(F)(F)F. The van der Waals surface area contributed by atoms with Gasteiger partial charge in [-0.3, -0.25) is 0 Å². The van der Waals surface area contributed by atoms with E-state index in [9.17, 15) is 21.6 Å². The van der Waals surface area contributed by atoms with Crippen molar-refractivity contribution in [2.45, 2.75) is 31.3 Å². The summed E-state index contributed by atoms with van der Waals surface area (Å²) in [7, 11) is -5.74. The summed E-state index contributed by atoms with van der Waals surface area (Å²) in [6, 6.07) is 3.53. The van der Waals surface area contributed by atoms with Crippen molar-refractivity contribution >= 4 is 44.3 Å². The van der Waals surface area contributed by atoms with Crippen molar-refractivity contribution < 1.29 is 30.3 Å². The molecule has 2 aromatic heterocycles. The highest BCUT2D eigenvalue weighted by Gasteiger charge is 2.49.